The molecule has 1 heterocycles. The second-order valence-corrected chi connectivity index (χ2v) is 5.03. The van der Waals surface area contributed by atoms with Crippen molar-refractivity contribution in [3.8, 4) is 0 Å². The van der Waals surface area contributed by atoms with Crippen molar-refractivity contribution in [3.63, 3.8) is 0 Å². The fraction of sp³-hybridized carbons (Fsp3) is 0.467. The Morgan fingerprint density at radius 2 is 1.83 bits per heavy atom. The molecule has 0 aliphatic carbocycles. The van der Waals surface area contributed by atoms with E-state index in [2.05, 4.69) is 46.7 Å². The minimum absolute atomic E-state index is 0.233. The quantitative estimate of drug-likeness (QED) is 0.812. The van der Waals surface area contributed by atoms with Gasteiger partial charge < -0.3 is 5.73 Å². The van der Waals surface area contributed by atoms with Crippen molar-refractivity contribution in [2.75, 3.05) is 32.7 Å². The first-order valence-electron chi connectivity index (χ1n) is 6.63. The van der Waals surface area contributed by atoms with E-state index in [4.69, 9.17) is 5.73 Å². The summed E-state index contributed by atoms with van der Waals surface area (Å²) in [6.45, 7) is 9.84. The van der Waals surface area contributed by atoms with E-state index < -0.39 is 0 Å². The standard InChI is InChI=1S/C15H23N3/c1-2-8-17-9-10-18(13-15(16)12-17)11-14-6-4-3-5-7-14/h2-7,15H,1,8-13,16H2. The molecule has 0 spiro atoms. The molecule has 1 aromatic rings. The molecule has 1 aliphatic rings. The predicted octanol–water partition coefficient (Wildman–Crippen LogP) is 1.32. The van der Waals surface area contributed by atoms with Crippen molar-refractivity contribution in [2.24, 2.45) is 5.73 Å². The Kier molecular flexibility index (Phi) is 4.93. The van der Waals surface area contributed by atoms with E-state index in [9.17, 15) is 0 Å². The summed E-state index contributed by atoms with van der Waals surface area (Å²) in [7, 11) is 0. The Balaban J connectivity index is 1.92. The number of hydrogen-bond acceptors (Lipinski definition) is 3. The maximum atomic E-state index is 6.18. The molecule has 2 rings (SSSR count). The van der Waals surface area contributed by atoms with Crippen molar-refractivity contribution in [1.29, 1.82) is 0 Å². The van der Waals surface area contributed by atoms with Gasteiger partial charge in [0.15, 0.2) is 0 Å². The highest BCUT2D eigenvalue weighted by Gasteiger charge is 2.19. The zero-order chi connectivity index (χ0) is 12.8. The molecular weight excluding hydrogens is 222 g/mol. The molecule has 0 bridgehead atoms. The van der Waals surface area contributed by atoms with Crippen LogP contribution in [0.15, 0.2) is 43.0 Å². The number of rotatable bonds is 4. The third-order valence-corrected chi connectivity index (χ3v) is 3.35. The Bertz CT molecular complexity index is 363. The van der Waals surface area contributed by atoms with Crippen molar-refractivity contribution < 1.29 is 0 Å². The number of nitrogens with zero attached hydrogens (tertiary/aromatic N) is 2. The van der Waals surface area contributed by atoms with E-state index in [-0.39, 0.29) is 6.04 Å². The van der Waals surface area contributed by atoms with Crippen LogP contribution in [0.25, 0.3) is 0 Å². The van der Waals surface area contributed by atoms with Crippen LogP contribution in [-0.2, 0) is 6.54 Å². The first-order valence-corrected chi connectivity index (χ1v) is 6.63. The summed E-state index contributed by atoms with van der Waals surface area (Å²) in [4.78, 5) is 4.83. The lowest BCUT2D eigenvalue weighted by Crippen LogP contribution is -2.40. The molecule has 1 fully saturated rings. The highest BCUT2D eigenvalue weighted by atomic mass is 15.2. The van der Waals surface area contributed by atoms with Gasteiger partial charge in [-0.2, -0.15) is 0 Å². The topological polar surface area (TPSA) is 32.5 Å². The van der Waals surface area contributed by atoms with Crippen LogP contribution in [0.4, 0.5) is 0 Å². The van der Waals surface area contributed by atoms with Crippen molar-refractivity contribution in [2.45, 2.75) is 12.6 Å². The van der Waals surface area contributed by atoms with Gasteiger partial charge in [0.05, 0.1) is 0 Å². The Morgan fingerprint density at radius 3 is 2.56 bits per heavy atom. The minimum atomic E-state index is 0.233. The molecule has 2 N–H and O–H groups in total. The number of hydrogen-bond donors (Lipinski definition) is 1. The summed E-state index contributed by atoms with van der Waals surface area (Å²) >= 11 is 0. The molecule has 1 unspecified atom stereocenters. The van der Waals surface area contributed by atoms with Crippen LogP contribution in [0.2, 0.25) is 0 Å². The highest BCUT2D eigenvalue weighted by Crippen LogP contribution is 2.08. The van der Waals surface area contributed by atoms with E-state index in [1.165, 1.54) is 5.56 Å². The van der Waals surface area contributed by atoms with Crippen LogP contribution in [0.5, 0.6) is 0 Å². The van der Waals surface area contributed by atoms with Crippen molar-refractivity contribution in [1.82, 2.24) is 9.80 Å². The van der Waals surface area contributed by atoms with Crippen LogP contribution < -0.4 is 5.73 Å². The fourth-order valence-electron chi connectivity index (χ4n) is 2.52. The first-order chi connectivity index (χ1) is 8.78. The van der Waals surface area contributed by atoms with Crippen molar-refractivity contribution >= 4 is 0 Å². The van der Waals surface area contributed by atoms with Crippen LogP contribution in [0.3, 0.4) is 0 Å². The Labute approximate surface area is 110 Å². The molecule has 18 heavy (non-hydrogen) atoms. The lowest BCUT2D eigenvalue weighted by molar-refractivity contribution is 0.260. The number of benzene rings is 1. The molecule has 1 saturated heterocycles. The molecule has 0 radical (unpaired) electrons. The summed E-state index contributed by atoms with van der Waals surface area (Å²) < 4.78 is 0. The summed E-state index contributed by atoms with van der Waals surface area (Å²) in [5.41, 5.74) is 7.54. The van der Waals surface area contributed by atoms with E-state index >= 15 is 0 Å². The summed E-state index contributed by atoms with van der Waals surface area (Å²) in [6, 6.07) is 10.8. The molecular formula is C15H23N3. The van der Waals surface area contributed by atoms with Crippen LogP contribution in [0.1, 0.15) is 5.56 Å². The highest BCUT2D eigenvalue weighted by molar-refractivity contribution is 5.14. The molecule has 0 aromatic heterocycles. The zero-order valence-corrected chi connectivity index (χ0v) is 11.0. The third-order valence-electron chi connectivity index (χ3n) is 3.35. The Morgan fingerprint density at radius 1 is 1.17 bits per heavy atom. The third kappa shape index (κ3) is 3.95. The zero-order valence-electron chi connectivity index (χ0n) is 11.0. The molecule has 3 nitrogen and oxygen atoms in total. The van der Waals surface area contributed by atoms with E-state index in [1.807, 2.05) is 6.08 Å². The number of nitrogens with two attached hydrogens (primary N) is 1. The van der Waals surface area contributed by atoms with Gasteiger partial charge in [0.2, 0.25) is 0 Å². The van der Waals surface area contributed by atoms with Crippen LogP contribution in [-0.4, -0.2) is 48.6 Å². The maximum absolute atomic E-state index is 6.18. The molecule has 0 amide bonds. The van der Waals surface area contributed by atoms with E-state index in [0.29, 0.717) is 0 Å². The summed E-state index contributed by atoms with van der Waals surface area (Å²) in [5.74, 6) is 0. The molecule has 0 saturated carbocycles. The van der Waals surface area contributed by atoms with Gasteiger partial charge in [-0.1, -0.05) is 36.4 Å². The van der Waals surface area contributed by atoms with Gasteiger partial charge in [0.25, 0.3) is 0 Å². The van der Waals surface area contributed by atoms with Crippen LogP contribution >= 0.6 is 0 Å². The SMILES string of the molecule is C=CCN1CCN(Cc2ccccc2)CC(N)C1. The van der Waals surface area contributed by atoms with Gasteiger partial charge in [0.1, 0.15) is 0 Å². The molecule has 1 atom stereocenters. The van der Waals surface area contributed by atoms with Crippen molar-refractivity contribution in [3.05, 3.63) is 48.6 Å². The van der Waals surface area contributed by atoms with Gasteiger partial charge in [0, 0.05) is 45.3 Å². The average molecular weight is 245 g/mol. The first kappa shape index (κ1) is 13.3. The molecule has 98 valence electrons. The van der Waals surface area contributed by atoms with Gasteiger partial charge in [-0.3, -0.25) is 9.80 Å². The van der Waals surface area contributed by atoms with E-state index in [1.54, 1.807) is 0 Å². The Hall–Kier alpha value is -1.16. The molecule has 3 heteroatoms. The lowest BCUT2D eigenvalue weighted by atomic mass is 10.2. The summed E-state index contributed by atoms with van der Waals surface area (Å²) in [6.07, 6.45) is 1.96. The lowest BCUT2D eigenvalue weighted by Gasteiger charge is -2.21. The van der Waals surface area contributed by atoms with Gasteiger partial charge in [-0.15, -0.1) is 6.58 Å². The fourth-order valence-corrected chi connectivity index (χ4v) is 2.52. The second kappa shape index (κ2) is 6.69. The van der Waals surface area contributed by atoms with Gasteiger partial charge in [-0.05, 0) is 5.56 Å². The largest absolute Gasteiger partial charge is 0.325 e. The predicted molar refractivity (Wildman–Crippen MR) is 76.3 cm³/mol. The minimum Gasteiger partial charge on any atom is -0.325 e. The maximum Gasteiger partial charge on any atom is 0.0297 e. The smallest absolute Gasteiger partial charge is 0.0297 e. The normalized spacial score (nSPS) is 22.6. The van der Waals surface area contributed by atoms with Gasteiger partial charge >= 0.3 is 0 Å². The molecule has 1 aliphatic heterocycles. The molecule has 1 aromatic carbocycles. The van der Waals surface area contributed by atoms with E-state index in [0.717, 1.165) is 39.3 Å². The summed E-state index contributed by atoms with van der Waals surface area (Å²) in [5, 5.41) is 0. The second-order valence-electron chi connectivity index (χ2n) is 5.03. The van der Waals surface area contributed by atoms with Gasteiger partial charge in [-0.25, -0.2) is 0 Å². The average Bonchev–Trinajstić information content (AvgIpc) is 2.53. The monoisotopic (exact) mass is 245 g/mol. The van der Waals surface area contributed by atoms with Crippen LogP contribution in [0, 0.1) is 0 Å².